The lowest BCUT2D eigenvalue weighted by Crippen LogP contribution is -2.20. The molecule has 0 fully saturated rings. The Labute approximate surface area is 97.0 Å². The van der Waals surface area contributed by atoms with Crippen molar-refractivity contribution in [3.05, 3.63) is 24.0 Å². The third-order valence-electron chi connectivity index (χ3n) is 2.15. The molecule has 1 heterocycles. The second-order valence-corrected chi connectivity index (χ2v) is 3.65. The van der Waals surface area contributed by atoms with Crippen LogP contribution in [0.4, 0.5) is 0 Å². The van der Waals surface area contributed by atoms with Crippen LogP contribution in [-0.2, 0) is 11.3 Å². The van der Waals surface area contributed by atoms with Gasteiger partial charge in [0.25, 0.3) is 0 Å². The summed E-state index contributed by atoms with van der Waals surface area (Å²) in [6, 6.07) is 1.89. The van der Waals surface area contributed by atoms with Crippen LogP contribution in [0.15, 0.2) is 18.5 Å². The highest BCUT2D eigenvalue weighted by molar-refractivity contribution is 5.30. The molecule has 16 heavy (non-hydrogen) atoms. The molecule has 0 saturated carbocycles. The minimum atomic E-state index is 0.0489. The molecule has 1 unspecified atom stereocenters. The van der Waals surface area contributed by atoms with Crippen LogP contribution in [-0.4, -0.2) is 31.3 Å². The first kappa shape index (κ1) is 12.9. The maximum Gasteiger partial charge on any atom is 0.127 e. The molecule has 90 valence electrons. The van der Waals surface area contributed by atoms with Crippen molar-refractivity contribution in [3.63, 3.8) is 0 Å². The lowest BCUT2D eigenvalue weighted by atomic mass is 10.2. The molecule has 0 radical (unpaired) electrons. The van der Waals surface area contributed by atoms with E-state index in [4.69, 9.17) is 9.47 Å². The maximum atomic E-state index is 5.78. The number of methoxy groups -OCH3 is 1. The summed E-state index contributed by atoms with van der Waals surface area (Å²) in [5, 5.41) is 3.26. The molecular formula is C12H20N2O2. The van der Waals surface area contributed by atoms with E-state index in [1.807, 2.05) is 19.2 Å². The van der Waals surface area contributed by atoms with Crippen molar-refractivity contribution in [2.45, 2.75) is 26.5 Å². The van der Waals surface area contributed by atoms with Crippen molar-refractivity contribution in [2.24, 2.45) is 0 Å². The van der Waals surface area contributed by atoms with Crippen molar-refractivity contribution >= 4 is 0 Å². The lowest BCUT2D eigenvalue weighted by Gasteiger charge is -2.16. The van der Waals surface area contributed by atoms with Crippen molar-refractivity contribution < 1.29 is 9.47 Å². The van der Waals surface area contributed by atoms with E-state index in [0.29, 0.717) is 6.61 Å². The second-order valence-electron chi connectivity index (χ2n) is 3.65. The Morgan fingerprint density at radius 1 is 1.50 bits per heavy atom. The van der Waals surface area contributed by atoms with Crippen LogP contribution >= 0.6 is 0 Å². The zero-order valence-corrected chi connectivity index (χ0v) is 10.2. The molecule has 0 aliphatic heterocycles. The van der Waals surface area contributed by atoms with Crippen LogP contribution in [0.25, 0.3) is 0 Å². The van der Waals surface area contributed by atoms with Crippen LogP contribution in [0.3, 0.4) is 0 Å². The zero-order valence-electron chi connectivity index (χ0n) is 10.2. The van der Waals surface area contributed by atoms with Crippen LogP contribution < -0.4 is 10.1 Å². The van der Waals surface area contributed by atoms with E-state index in [1.54, 1.807) is 13.3 Å². The van der Waals surface area contributed by atoms with E-state index in [2.05, 4.69) is 17.2 Å². The van der Waals surface area contributed by atoms with E-state index < -0.39 is 0 Å². The molecule has 4 nitrogen and oxygen atoms in total. The summed E-state index contributed by atoms with van der Waals surface area (Å²) in [7, 11) is 1.67. The van der Waals surface area contributed by atoms with Gasteiger partial charge in [0.15, 0.2) is 0 Å². The predicted octanol–water partition coefficient (Wildman–Crippen LogP) is 1.60. The molecule has 1 N–H and O–H groups in total. The first-order chi connectivity index (χ1) is 7.77. The predicted molar refractivity (Wildman–Crippen MR) is 63.6 cm³/mol. The summed E-state index contributed by atoms with van der Waals surface area (Å²) in [6.07, 6.45) is 3.62. The third-order valence-corrected chi connectivity index (χ3v) is 2.15. The normalized spacial score (nSPS) is 12.4. The Morgan fingerprint density at radius 3 is 3.00 bits per heavy atom. The molecule has 1 aromatic heterocycles. The number of aromatic nitrogens is 1. The number of hydrogen-bond acceptors (Lipinski definition) is 4. The minimum absolute atomic E-state index is 0.0489. The Balaban J connectivity index is 2.62. The molecule has 0 bridgehead atoms. The zero-order chi connectivity index (χ0) is 11.8. The lowest BCUT2D eigenvalue weighted by molar-refractivity contribution is 0.0912. The van der Waals surface area contributed by atoms with Gasteiger partial charge < -0.3 is 14.8 Å². The SMILES string of the molecule is CCNCc1cnccc1OC(C)COC. The monoisotopic (exact) mass is 224 g/mol. The Kier molecular flexibility index (Phi) is 5.82. The standard InChI is InChI=1S/C12H20N2O2/c1-4-13-7-11-8-14-6-5-12(11)16-10(2)9-15-3/h5-6,8,10,13H,4,7,9H2,1-3H3. The highest BCUT2D eigenvalue weighted by Crippen LogP contribution is 2.17. The van der Waals surface area contributed by atoms with Gasteiger partial charge in [0, 0.05) is 31.6 Å². The number of rotatable bonds is 7. The molecule has 0 aliphatic rings. The van der Waals surface area contributed by atoms with Crippen molar-refractivity contribution in [2.75, 3.05) is 20.3 Å². The average molecular weight is 224 g/mol. The number of nitrogens with zero attached hydrogens (tertiary/aromatic N) is 1. The van der Waals surface area contributed by atoms with Crippen LogP contribution in [0.5, 0.6) is 5.75 Å². The highest BCUT2D eigenvalue weighted by Gasteiger charge is 2.07. The van der Waals surface area contributed by atoms with Crippen LogP contribution in [0.2, 0.25) is 0 Å². The molecule has 0 saturated heterocycles. The van der Waals surface area contributed by atoms with E-state index in [-0.39, 0.29) is 6.10 Å². The van der Waals surface area contributed by atoms with Gasteiger partial charge in [-0.05, 0) is 19.5 Å². The van der Waals surface area contributed by atoms with Gasteiger partial charge in [0.2, 0.25) is 0 Å². The van der Waals surface area contributed by atoms with Crippen molar-refractivity contribution in [1.82, 2.24) is 10.3 Å². The van der Waals surface area contributed by atoms with Crippen molar-refractivity contribution in [3.8, 4) is 5.75 Å². The highest BCUT2D eigenvalue weighted by atomic mass is 16.5. The first-order valence-corrected chi connectivity index (χ1v) is 5.57. The summed E-state index contributed by atoms with van der Waals surface area (Å²) >= 11 is 0. The van der Waals surface area contributed by atoms with Crippen LogP contribution in [0.1, 0.15) is 19.4 Å². The maximum absolute atomic E-state index is 5.78. The Morgan fingerprint density at radius 2 is 2.31 bits per heavy atom. The topological polar surface area (TPSA) is 43.4 Å². The number of hydrogen-bond donors (Lipinski definition) is 1. The summed E-state index contributed by atoms with van der Waals surface area (Å²) in [5.74, 6) is 0.875. The average Bonchev–Trinajstić information content (AvgIpc) is 2.28. The van der Waals surface area contributed by atoms with Gasteiger partial charge in [-0.25, -0.2) is 0 Å². The van der Waals surface area contributed by atoms with Crippen LogP contribution in [0, 0.1) is 0 Å². The first-order valence-electron chi connectivity index (χ1n) is 5.57. The molecule has 0 amide bonds. The Bertz CT molecular complexity index is 305. The molecule has 1 rings (SSSR count). The largest absolute Gasteiger partial charge is 0.488 e. The number of ether oxygens (including phenoxy) is 2. The van der Waals surface area contributed by atoms with Gasteiger partial charge in [0.05, 0.1) is 6.61 Å². The fourth-order valence-electron chi connectivity index (χ4n) is 1.41. The van der Waals surface area contributed by atoms with E-state index in [9.17, 15) is 0 Å². The quantitative estimate of drug-likeness (QED) is 0.764. The number of pyridine rings is 1. The van der Waals surface area contributed by atoms with Gasteiger partial charge in [-0.15, -0.1) is 0 Å². The molecular weight excluding hydrogens is 204 g/mol. The van der Waals surface area contributed by atoms with E-state index >= 15 is 0 Å². The summed E-state index contributed by atoms with van der Waals surface area (Å²) in [5.41, 5.74) is 1.08. The smallest absolute Gasteiger partial charge is 0.127 e. The minimum Gasteiger partial charge on any atom is -0.488 e. The summed E-state index contributed by atoms with van der Waals surface area (Å²) in [6.45, 7) is 6.36. The summed E-state index contributed by atoms with van der Waals surface area (Å²) in [4.78, 5) is 4.10. The Hall–Kier alpha value is -1.13. The van der Waals surface area contributed by atoms with Gasteiger partial charge in [0.1, 0.15) is 11.9 Å². The van der Waals surface area contributed by atoms with Gasteiger partial charge >= 0.3 is 0 Å². The second kappa shape index (κ2) is 7.19. The third kappa shape index (κ3) is 4.16. The fourth-order valence-corrected chi connectivity index (χ4v) is 1.41. The van der Waals surface area contributed by atoms with Crippen molar-refractivity contribution in [1.29, 1.82) is 0 Å². The fraction of sp³-hybridized carbons (Fsp3) is 0.583. The molecule has 0 aliphatic carbocycles. The summed E-state index contributed by atoms with van der Waals surface area (Å²) < 4.78 is 10.8. The molecule has 1 aromatic rings. The molecule has 0 aromatic carbocycles. The van der Waals surface area contributed by atoms with Gasteiger partial charge in [-0.1, -0.05) is 6.92 Å². The van der Waals surface area contributed by atoms with Gasteiger partial charge in [-0.2, -0.15) is 0 Å². The van der Waals surface area contributed by atoms with Gasteiger partial charge in [-0.3, -0.25) is 4.98 Å². The molecule has 1 atom stereocenters. The molecule has 4 heteroatoms. The number of nitrogens with one attached hydrogen (secondary N) is 1. The van der Waals surface area contributed by atoms with E-state index in [0.717, 1.165) is 24.4 Å². The van der Waals surface area contributed by atoms with E-state index in [1.165, 1.54) is 0 Å². The molecule has 0 spiro atoms.